The van der Waals surface area contributed by atoms with E-state index in [4.69, 9.17) is 5.11 Å². The van der Waals surface area contributed by atoms with Gasteiger partial charge in [-0.2, -0.15) is 0 Å². The van der Waals surface area contributed by atoms with Gasteiger partial charge in [-0.3, -0.25) is 4.79 Å². The molecule has 20 heavy (non-hydrogen) atoms. The third kappa shape index (κ3) is 3.79. The first-order valence-electron chi connectivity index (χ1n) is 6.99. The molecule has 1 saturated carbocycles. The number of hydrogen-bond acceptors (Lipinski definition) is 3. The van der Waals surface area contributed by atoms with Crippen molar-refractivity contribution >= 4 is 11.9 Å². The minimum atomic E-state index is -1.03. The van der Waals surface area contributed by atoms with E-state index in [1.807, 2.05) is 6.92 Å². The van der Waals surface area contributed by atoms with E-state index in [1.54, 1.807) is 6.92 Å². The number of hydrogen-bond donors (Lipinski definition) is 2. The second kappa shape index (κ2) is 6.03. The molecule has 0 saturated heterocycles. The highest BCUT2D eigenvalue weighted by molar-refractivity contribution is 5.94. The monoisotopic (exact) mass is 276 g/mol. The SMILES string of the molecule is Cc1nc(C(=O)NC(C)CCC2CC2)ccc1C(=O)O. The highest BCUT2D eigenvalue weighted by Gasteiger charge is 2.22. The highest BCUT2D eigenvalue weighted by Crippen LogP contribution is 2.33. The number of nitrogens with zero attached hydrogens (tertiary/aromatic N) is 1. The number of carbonyl (C=O) groups is 2. The summed E-state index contributed by atoms with van der Waals surface area (Å²) >= 11 is 0. The minimum absolute atomic E-state index is 0.115. The van der Waals surface area contributed by atoms with Gasteiger partial charge >= 0.3 is 5.97 Å². The van der Waals surface area contributed by atoms with Crippen molar-refractivity contribution in [1.82, 2.24) is 10.3 Å². The molecule has 1 aromatic rings. The molecule has 2 rings (SSSR count). The lowest BCUT2D eigenvalue weighted by atomic mass is 10.1. The topological polar surface area (TPSA) is 79.3 Å². The van der Waals surface area contributed by atoms with Crippen LogP contribution in [-0.4, -0.2) is 28.0 Å². The molecule has 5 nitrogen and oxygen atoms in total. The number of carboxylic acid groups (broad SMARTS) is 1. The molecular weight excluding hydrogens is 256 g/mol. The average Bonchev–Trinajstić information content (AvgIpc) is 3.19. The van der Waals surface area contributed by atoms with Gasteiger partial charge in [0.05, 0.1) is 11.3 Å². The third-order valence-electron chi connectivity index (χ3n) is 3.63. The van der Waals surface area contributed by atoms with Gasteiger partial charge in [0.25, 0.3) is 5.91 Å². The van der Waals surface area contributed by atoms with Crippen LogP contribution in [0.2, 0.25) is 0 Å². The number of aryl methyl sites for hydroxylation is 1. The Morgan fingerprint density at radius 2 is 2.15 bits per heavy atom. The van der Waals surface area contributed by atoms with Crippen LogP contribution in [0.4, 0.5) is 0 Å². The van der Waals surface area contributed by atoms with Crippen LogP contribution in [0.1, 0.15) is 59.1 Å². The Hall–Kier alpha value is -1.91. The van der Waals surface area contributed by atoms with E-state index in [9.17, 15) is 9.59 Å². The average molecular weight is 276 g/mol. The molecular formula is C15H20N2O3. The van der Waals surface area contributed by atoms with Gasteiger partial charge in [-0.05, 0) is 44.7 Å². The van der Waals surface area contributed by atoms with Gasteiger partial charge in [0, 0.05) is 6.04 Å². The Morgan fingerprint density at radius 1 is 1.45 bits per heavy atom. The predicted octanol–water partition coefficient (Wildman–Crippen LogP) is 2.40. The molecule has 1 amide bonds. The molecule has 0 spiro atoms. The van der Waals surface area contributed by atoms with E-state index >= 15 is 0 Å². The van der Waals surface area contributed by atoms with E-state index in [-0.39, 0.29) is 23.2 Å². The molecule has 1 unspecified atom stereocenters. The Labute approximate surface area is 118 Å². The predicted molar refractivity (Wildman–Crippen MR) is 74.8 cm³/mol. The Balaban J connectivity index is 1.94. The third-order valence-corrected chi connectivity index (χ3v) is 3.63. The van der Waals surface area contributed by atoms with Gasteiger partial charge in [0.15, 0.2) is 0 Å². The second-order valence-corrected chi connectivity index (χ2v) is 5.53. The molecule has 5 heteroatoms. The molecule has 2 N–H and O–H groups in total. The fraction of sp³-hybridized carbons (Fsp3) is 0.533. The molecule has 1 atom stereocenters. The maximum atomic E-state index is 12.0. The number of aromatic nitrogens is 1. The quantitative estimate of drug-likeness (QED) is 0.836. The minimum Gasteiger partial charge on any atom is -0.478 e. The summed E-state index contributed by atoms with van der Waals surface area (Å²) < 4.78 is 0. The Bertz CT molecular complexity index is 524. The van der Waals surface area contributed by atoms with Crippen LogP contribution in [0.25, 0.3) is 0 Å². The van der Waals surface area contributed by atoms with Gasteiger partial charge in [-0.15, -0.1) is 0 Å². The Kier molecular flexibility index (Phi) is 4.37. The van der Waals surface area contributed by atoms with Crippen molar-refractivity contribution in [2.75, 3.05) is 0 Å². The van der Waals surface area contributed by atoms with Crippen LogP contribution in [0.15, 0.2) is 12.1 Å². The van der Waals surface area contributed by atoms with Crippen LogP contribution in [0.3, 0.4) is 0 Å². The van der Waals surface area contributed by atoms with Crippen molar-refractivity contribution < 1.29 is 14.7 Å². The van der Waals surface area contributed by atoms with Crippen LogP contribution >= 0.6 is 0 Å². The maximum Gasteiger partial charge on any atom is 0.337 e. The first-order valence-corrected chi connectivity index (χ1v) is 6.99. The zero-order chi connectivity index (χ0) is 14.7. The van der Waals surface area contributed by atoms with Gasteiger partial charge in [-0.25, -0.2) is 9.78 Å². The second-order valence-electron chi connectivity index (χ2n) is 5.53. The normalized spacial score (nSPS) is 15.7. The fourth-order valence-electron chi connectivity index (χ4n) is 2.18. The van der Waals surface area contributed by atoms with E-state index < -0.39 is 5.97 Å². The number of carboxylic acids is 1. The lowest BCUT2D eigenvalue weighted by molar-refractivity contribution is 0.0694. The van der Waals surface area contributed by atoms with Crippen LogP contribution in [0, 0.1) is 12.8 Å². The standard InChI is InChI=1S/C15H20N2O3/c1-9(3-4-11-5-6-11)16-14(18)13-8-7-12(15(19)20)10(2)17-13/h7-9,11H,3-6H2,1-2H3,(H,16,18)(H,19,20). The van der Waals surface area contributed by atoms with Crippen LogP contribution in [0.5, 0.6) is 0 Å². The summed E-state index contributed by atoms with van der Waals surface area (Å²) in [5.41, 5.74) is 0.755. The van der Waals surface area contributed by atoms with E-state index in [0.29, 0.717) is 5.69 Å². The summed E-state index contributed by atoms with van der Waals surface area (Å²) in [7, 11) is 0. The van der Waals surface area contributed by atoms with Crippen LogP contribution in [-0.2, 0) is 0 Å². The number of amides is 1. The fourth-order valence-corrected chi connectivity index (χ4v) is 2.18. The number of aromatic carboxylic acids is 1. The van der Waals surface area contributed by atoms with Crippen LogP contribution < -0.4 is 5.32 Å². The molecule has 1 aliphatic carbocycles. The van der Waals surface area contributed by atoms with Crippen molar-refractivity contribution in [1.29, 1.82) is 0 Å². The summed E-state index contributed by atoms with van der Waals surface area (Å²) in [5.74, 6) is -0.419. The van der Waals surface area contributed by atoms with Crippen molar-refractivity contribution in [3.8, 4) is 0 Å². The molecule has 108 valence electrons. The summed E-state index contributed by atoms with van der Waals surface area (Å²) in [5, 5.41) is 11.8. The highest BCUT2D eigenvalue weighted by atomic mass is 16.4. The van der Waals surface area contributed by atoms with Gasteiger partial charge in [0.1, 0.15) is 5.69 Å². The van der Waals surface area contributed by atoms with E-state index in [1.165, 1.54) is 25.0 Å². The van der Waals surface area contributed by atoms with Gasteiger partial charge in [0.2, 0.25) is 0 Å². The molecule has 1 aliphatic rings. The zero-order valence-corrected chi connectivity index (χ0v) is 11.8. The molecule has 0 aliphatic heterocycles. The number of nitrogens with one attached hydrogen (secondary N) is 1. The molecule has 0 radical (unpaired) electrons. The lowest BCUT2D eigenvalue weighted by Gasteiger charge is -2.13. The van der Waals surface area contributed by atoms with Crippen molar-refractivity contribution in [3.05, 3.63) is 29.1 Å². The molecule has 0 bridgehead atoms. The summed E-state index contributed by atoms with van der Waals surface area (Å²) in [6, 6.07) is 3.00. The lowest BCUT2D eigenvalue weighted by Crippen LogP contribution is -2.33. The van der Waals surface area contributed by atoms with Gasteiger partial charge < -0.3 is 10.4 Å². The van der Waals surface area contributed by atoms with Crippen molar-refractivity contribution in [2.45, 2.75) is 45.6 Å². The number of pyridine rings is 1. The first-order chi connectivity index (χ1) is 9.47. The van der Waals surface area contributed by atoms with Crippen molar-refractivity contribution in [2.24, 2.45) is 5.92 Å². The van der Waals surface area contributed by atoms with Gasteiger partial charge in [-0.1, -0.05) is 12.8 Å². The van der Waals surface area contributed by atoms with E-state index in [2.05, 4.69) is 10.3 Å². The largest absolute Gasteiger partial charge is 0.478 e. The molecule has 1 heterocycles. The maximum absolute atomic E-state index is 12.0. The summed E-state index contributed by atoms with van der Waals surface area (Å²) in [6.45, 7) is 3.58. The molecule has 0 aromatic carbocycles. The number of carbonyl (C=O) groups excluding carboxylic acids is 1. The van der Waals surface area contributed by atoms with E-state index in [0.717, 1.165) is 18.8 Å². The van der Waals surface area contributed by atoms with Crippen molar-refractivity contribution in [3.63, 3.8) is 0 Å². The Morgan fingerprint density at radius 3 is 2.70 bits per heavy atom. The smallest absolute Gasteiger partial charge is 0.337 e. The summed E-state index contributed by atoms with van der Waals surface area (Å²) in [6.07, 6.45) is 4.77. The number of rotatable bonds is 6. The molecule has 1 aromatic heterocycles. The molecule has 1 fully saturated rings. The first kappa shape index (κ1) is 14.5. The summed E-state index contributed by atoms with van der Waals surface area (Å²) in [4.78, 5) is 27.0. The zero-order valence-electron chi connectivity index (χ0n) is 11.8.